The Morgan fingerprint density at radius 2 is 1.67 bits per heavy atom. The Kier molecular flexibility index (Phi) is 13.8. The van der Waals surface area contributed by atoms with Crippen molar-refractivity contribution in [2.75, 3.05) is 13.6 Å². The number of hydrogen-bond acceptors (Lipinski definition) is 4. The Hall–Kier alpha value is -3.11. The van der Waals surface area contributed by atoms with Gasteiger partial charge in [0, 0.05) is 32.6 Å². The number of rotatable bonds is 16. The van der Waals surface area contributed by atoms with Crippen LogP contribution in [0.4, 0.5) is 18.0 Å². The summed E-state index contributed by atoms with van der Waals surface area (Å²) in [5.41, 5.74) is 2.42. The van der Waals surface area contributed by atoms with Crippen LogP contribution in [0.15, 0.2) is 42.5 Å². The zero-order valence-corrected chi connectivity index (χ0v) is 22.9. The molecule has 0 aliphatic heterocycles. The maximum Gasteiger partial charge on any atom is 0.315 e. The molecule has 0 aromatic heterocycles. The number of carbonyl (C=O) groups excluding carboxylic acids is 2. The number of carbonyl (C=O) groups is 2. The van der Waals surface area contributed by atoms with E-state index >= 15 is 0 Å². The molecule has 0 radical (unpaired) electrons. The van der Waals surface area contributed by atoms with E-state index in [1.807, 2.05) is 25.1 Å². The Labute approximate surface area is 229 Å². The smallest absolute Gasteiger partial charge is 0.315 e. The lowest BCUT2D eigenvalue weighted by molar-refractivity contribution is -0.125. The second kappa shape index (κ2) is 16.8. The zero-order valence-electron chi connectivity index (χ0n) is 22.9. The van der Waals surface area contributed by atoms with Crippen LogP contribution in [0.3, 0.4) is 0 Å². The molecule has 10 heteroatoms. The highest BCUT2D eigenvalue weighted by molar-refractivity contribution is 5.87. The van der Waals surface area contributed by atoms with E-state index < -0.39 is 47.9 Å². The maximum absolute atomic E-state index is 14.6. The lowest BCUT2D eigenvalue weighted by Crippen LogP contribution is -2.56. The summed E-state index contributed by atoms with van der Waals surface area (Å²) >= 11 is 0. The van der Waals surface area contributed by atoms with Crippen LogP contribution in [-0.4, -0.2) is 55.0 Å². The van der Waals surface area contributed by atoms with Crippen LogP contribution in [0.2, 0.25) is 0 Å². The van der Waals surface area contributed by atoms with E-state index in [0.717, 1.165) is 36.6 Å². The molecule has 3 amide bonds. The van der Waals surface area contributed by atoms with E-state index in [-0.39, 0.29) is 31.4 Å². The Morgan fingerprint density at radius 3 is 2.31 bits per heavy atom. The van der Waals surface area contributed by atoms with Crippen LogP contribution >= 0.6 is 0 Å². The Morgan fingerprint density at radius 1 is 0.974 bits per heavy atom. The molecule has 1 unspecified atom stereocenters. The first-order valence-corrected chi connectivity index (χ1v) is 13.5. The summed E-state index contributed by atoms with van der Waals surface area (Å²) in [6.45, 7) is 4.51. The second-order valence-electron chi connectivity index (χ2n) is 9.72. The van der Waals surface area contributed by atoms with Crippen molar-refractivity contribution in [3.8, 4) is 0 Å². The van der Waals surface area contributed by atoms with Gasteiger partial charge in [0.15, 0.2) is 0 Å². The molecule has 0 saturated carbocycles. The monoisotopic (exact) mass is 550 g/mol. The number of halogens is 3. The summed E-state index contributed by atoms with van der Waals surface area (Å²) in [7, 11) is 1.38. The van der Waals surface area contributed by atoms with Crippen LogP contribution in [0.5, 0.6) is 0 Å². The van der Waals surface area contributed by atoms with E-state index in [4.69, 9.17) is 0 Å². The fourth-order valence-corrected chi connectivity index (χ4v) is 4.28. The molecule has 0 bridgehead atoms. The van der Waals surface area contributed by atoms with Crippen molar-refractivity contribution in [1.29, 1.82) is 0 Å². The summed E-state index contributed by atoms with van der Waals surface area (Å²) in [5.74, 6) is -2.27. The molecule has 0 spiro atoms. The number of benzene rings is 2. The highest BCUT2D eigenvalue weighted by Gasteiger charge is 2.29. The molecule has 216 valence electrons. The van der Waals surface area contributed by atoms with Gasteiger partial charge < -0.3 is 26.4 Å². The highest BCUT2D eigenvalue weighted by atomic mass is 19.1. The number of aryl methyl sites for hydroxylation is 1. The van der Waals surface area contributed by atoms with E-state index in [2.05, 4.69) is 34.3 Å². The van der Waals surface area contributed by atoms with Gasteiger partial charge in [-0.05, 0) is 48.1 Å². The predicted octanol–water partition coefficient (Wildman–Crippen LogP) is 3.92. The average Bonchev–Trinajstić information content (AvgIpc) is 2.90. The minimum atomic E-state index is -1.32. The van der Waals surface area contributed by atoms with Gasteiger partial charge in [-0.25, -0.2) is 18.0 Å². The average molecular weight is 551 g/mol. The summed E-state index contributed by atoms with van der Waals surface area (Å²) < 4.78 is 42.3. The molecule has 0 saturated heterocycles. The minimum Gasteiger partial charge on any atom is -0.390 e. The van der Waals surface area contributed by atoms with Crippen LogP contribution in [0.25, 0.3) is 0 Å². The van der Waals surface area contributed by atoms with Gasteiger partial charge >= 0.3 is 6.03 Å². The van der Waals surface area contributed by atoms with Gasteiger partial charge in [-0.1, -0.05) is 51.0 Å². The lowest BCUT2D eigenvalue weighted by Gasteiger charge is -2.28. The summed E-state index contributed by atoms with van der Waals surface area (Å²) in [4.78, 5) is 25.2. The molecule has 0 heterocycles. The third-order valence-corrected chi connectivity index (χ3v) is 6.46. The van der Waals surface area contributed by atoms with Gasteiger partial charge in [0.05, 0.1) is 12.1 Å². The molecule has 5 N–H and O–H groups in total. The molecule has 2 aromatic carbocycles. The first-order chi connectivity index (χ1) is 18.6. The van der Waals surface area contributed by atoms with Crippen LogP contribution in [0.1, 0.15) is 56.2 Å². The van der Waals surface area contributed by atoms with Crippen molar-refractivity contribution in [3.63, 3.8) is 0 Å². The van der Waals surface area contributed by atoms with Gasteiger partial charge in [-0.15, -0.1) is 0 Å². The van der Waals surface area contributed by atoms with Crippen molar-refractivity contribution < 1.29 is 27.9 Å². The van der Waals surface area contributed by atoms with Crippen LogP contribution in [0, 0.1) is 11.6 Å². The molecule has 7 nitrogen and oxygen atoms in total. The number of urea groups is 1. The van der Waals surface area contributed by atoms with Crippen molar-refractivity contribution in [2.24, 2.45) is 0 Å². The third kappa shape index (κ3) is 11.7. The van der Waals surface area contributed by atoms with E-state index in [1.165, 1.54) is 12.6 Å². The fraction of sp³-hybridized carbons (Fsp3) is 0.517. The van der Waals surface area contributed by atoms with Gasteiger partial charge in [-0.3, -0.25) is 4.79 Å². The highest BCUT2D eigenvalue weighted by Crippen LogP contribution is 2.15. The molecule has 4 atom stereocenters. The minimum absolute atomic E-state index is 0.0644. The normalized spacial score (nSPS) is 14.2. The van der Waals surface area contributed by atoms with Gasteiger partial charge in [0.25, 0.3) is 0 Å². The molecule has 0 fully saturated rings. The quantitative estimate of drug-likeness (QED) is 0.219. The predicted molar refractivity (Wildman–Crippen MR) is 146 cm³/mol. The Bertz CT molecular complexity index is 1040. The fourth-order valence-electron chi connectivity index (χ4n) is 4.28. The van der Waals surface area contributed by atoms with Gasteiger partial charge in [0.1, 0.15) is 23.8 Å². The van der Waals surface area contributed by atoms with Gasteiger partial charge in [0.2, 0.25) is 5.91 Å². The third-order valence-electron chi connectivity index (χ3n) is 6.46. The summed E-state index contributed by atoms with van der Waals surface area (Å²) in [5, 5.41) is 21.6. The van der Waals surface area contributed by atoms with Crippen molar-refractivity contribution >= 4 is 11.9 Å². The molecule has 39 heavy (non-hydrogen) atoms. The zero-order chi connectivity index (χ0) is 28.8. The SMILES string of the molecule is CCCCC(F)C[C@@H](NC(=O)NC)C(=O)N[C@@H](Cc1cc(F)cc(F)c1)[C@@H](O)CNCc1cccc(CC)c1. The van der Waals surface area contributed by atoms with Crippen molar-refractivity contribution in [2.45, 2.75) is 83.3 Å². The topological polar surface area (TPSA) is 102 Å². The van der Waals surface area contributed by atoms with E-state index in [9.17, 15) is 27.9 Å². The van der Waals surface area contributed by atoms with E-state index in [0.29, 0.717) is 13.0 Å². The van der Waals surface area contributed by atoms with Crippen LogP contribution < -0.4 is 21.3 Å². The number of hydrogen-bond donors (Lipinski definition) is 5. The van der Waals surface area contributed by atoms with Crippen LogP contribution in [-0.2, 0) is 24.2 Å². The molecule has 2 aromatic rings. The van der Waals surface area contributed by atoms with Gasteiger partial charge in [-0.2, -0.15) is 0 Å². The van der Waals surface area contributed by atoms with Crippen molar-refractivity contribution in [1.82, 2.24) is 21.3 Å². The lowest BCUT2D eigenvalue weighted by atomic mass is 9.99. The number of aliphatic hydroxyl groups excluding tert-OH is 1. The maximum atomic E-state index is 14.6. The Balaban J connectivity index is 2.17. The number of unbranched alkanes of at least 4 members (excludes halogenated alkanes) is 1. The number of amides is 3. The van der Waals surface area contributed by atoms with Crippen molar-refractivity contribution in [3.05, 3.63) is 70.8 Å². The van der Waals surface area contributed by atoms with E-state index in [1.54, 1.807) is 0 Å². The first-order valence-electron chi connectivity index (χ1n) is 13.5. The molecule has 0 aliphatic rings. The number of nitrogens with one attached hydrogen (secondary N) is 4. The summed E-state index contributed by atoms with van der Waals surface area (Å²) in [6, 6.07) is 8.13. The molecule has 2 rings (SSSR count). The molecular weight excluding hydrogens is 509 g/mol. The standard InChI is InChI=1S/C29H41F3N4O3/c1-4-6-10-22(30)16-26(36-29(39)33-3)28(38)35-25(14-21-12-23(31)15-24(32)13-21)27(37)18-34-17-20-9-7-8-19(5-2)11-20/h7-9,11-13,15,22,25-27,34,37H,4-6,10,14,16-18H2,1-3H3,(H,35,38)(H2,33,36,39)/t22?,25-,26+,27-/m0/s1. The first kappa shape index (κ1) is 32.1. The second-order valence-corrected chi connectivity index (χ2v) is 9.72. The molecule has 0 aliphatic carbocycles. The molecular formula is C29H41F3N4O3. The number of aliphatic hydroxyl groups is 1. The number of alkyl halides is 1. The summed E-state index contributed by atoms with van der Waals surface area (Å²) in [6.07, 6.45) is -0.260. The largest absolute Gasteiger partial charge is 0.390 e.